The maximum absolute atomic E-state index is 10.7. The highest BCUT2D eigenvalue weighted by Crippen LogP contribution is 2.27. The van der Waals surface area contributed by atoms with Gasteiger partial charge in [0.15, 0.2) is 6.29 Å². The van der Waals surface area contributed by atoms with Gasteiger partial charge in [0.2, 0.25) is 6.29 Å². The van der Waals surface area contributed by atoms with Gasteiger partial charge in [0.05, 0.1) is 13.2 Å². The van der Waals surface area contributed by atoms with Gasteiger partial charge in [0.1, 0.15) is 55.0 Å². The van der Waals surface area contributed by atoms with Crippen LogP contribution in [0.5, 0.6) is 5.75 Å². The van der Waals surface area contributed by atoms with Gasteiger partial charge in [0, 0.05) is 6.42 Å². The van der Waals surface area contributed by atoms with Crippen molar-refractivity contribution in [3.05, 3.63) is 35.0 Å². The van der Waals surface area contributed by atoms with Gasteiger partial charge in [-0.25, -0.2) is 10.4 Å². The predicted octanol–water partition coefficient (Wildman–Crippen LogP) is -4.36. The second-order valence-corrected chi connectivity index (χ2v) is 7.71. The standard InChI is InChI=1S/C19H29NO12/c21-7-11-13(22)16(25)18(31-11)29-8-12-14(23)15(24)17(26)19(32-12)30-10-3-1-9(2-4-10)5-6-20(27)28/h1-4,11-27H,5-8H2/t11-,12-,13+,14-,15-,16-,17-,18+,19-/m1/s1. The first-order valence-corrected chi connectivity index (χ1v) is 10.1. The third kappa shape index (κ3) is 5.91. The lowest BCUT2D eigenvalue weighted by Gasteiger charge is -2.40. The number of rotatable bonds is 9. The molecular formula is C19H29NO12. The zero-order valence-corrected chi connectivity index (χ0v) is 17.0. The van der Waals surface area contributed by atoms with Crippen LogP contribution in [0.4, 0.5) is 0 Å². The lowest BCUT2D eigenvalue weighted by molar-refractivity contribution is -1.05. The largest absolute Gasteiger partial charge is 0.600 e. The maximum atomic E-state index is 10.7. The Morgan fingerprint density at radius 3 is 2.03 bits per heavy atom. The monoisotopic (exact) mass is 463 g/mol. The molecule has 0 saturated carbocycles. The second-order valence-electron chi connectivity index (χ2n) is 7.71. The summed E-state index contributed by atoms with van der Waals surface area (Å²) in [5.41, 5.74) is 0.769. The van der Waals surface area contributed by atoms with Crippen LogP contribution in [-0.2, 0) is 20.6 Å². The summed E-state index contributed by atoms with van der Waals surface area (Å²) in [6, 6.07) is 6.41. The van der Waals surface area contributed by atoms with E-state index in [1.165, 1.54) is 0 Å². The van der Waals surface area contributed by atoms with E-state index in [0.29, 0.717) is 6.42 Å². The molecule has 10 atom stereocenters. The van der Waals surface area contributed by atoms with E-state index in [1.807, 2.05) is 0 Å². The number of aliphatic hydroxyl groups is 6. The Hall–Kier alpha value is -1.46. The molecule has 8 N–H and O–H groups in total. The fraction of sp³-hybridized carbons (Fsp3) is 0.684. The van der Waals surface area contributed by atoms with Crippen LogP contribution >= 0.6 is 0 Å². The number of benzene rings is 1. The summed E-state index contributed by atoms with van der Waals surface area (Å²) >= 11 is 0. The Morgan fingerprint density at radius 1 is 0.844 bits per heavy atom. The van der Waals surface area contributed by atoms with Crippen molar-refractivity contribution < 1.29 is 60.0 Å². The van der Waals surface area contributed by atoms with Crippen molar-refractivity contribution in [2.75, 3.05) is 19.8 Å². The zero-order valence-electron chi connectivity index (χ0n) is 17.0. The highest BCUT2D eigenvalue weighted by molar-refractivity contribution is 5.27. The minimum absolute atomic E-state index is 0.0219. The Balaban J connectivity index is 1.58. The van der Waals surface area contributed by atoms with Crippen molar-refractivity contribution in [1.29, 1.82) is 0 Å². The number of hydrogen-bond donors (Lipinski definition) is 8. The molecule has 2 fully saturated rings. The number of ether oxygens (including phenoxy) is 4. The van der Waals surface area contributed by atoms with Gasteiger partial charge in [-0.15, -0.1) is 0 Å². The molecule has 13 heteroatoms. The minimum Gasteiger partial charge on any atom is -0.600 e. The van der Waals surface area contributed by atoms with Gasteiger partial charge in [-0.2, -0.15) is 0 Å². The summed E-state index contributed by atoms with van der Waals surface area (Å²) in [6.07, 6.45) is -12.1. The molecule has 32 heavy (non-hydrogen) atoms. The number of quaternary nitrogens is 1. The second kappa shape index (κ2) is 11.1. The Labute approximate surface area is 183 Å². The molecule has 2 heterocycles. The molecule has 1 aromatic carbocycles. The summed E-state index contributed by atoms with van der Waals surface area (Å²) in [6.45, 7) is -0.937. The van der Waals surface area contributed by atoms with Crippen LogP contribution in [0, 0.1) is 5.21 Å². The van der Waals surface area contributed by atoms with Gasteiger partial charge in [-0.3, -0.25) is 0 Å². The quantitative estimate of drug-likeness (QED) is 0.164. The molecule has 0 aliphatic carbocycles. The number of nitrogens with one attached hydrogen (secondary N) is 1. The SMILES string of the molecule is [O-][NH+](O)CCc1ccc(O[C@@H]2O[C@H](CO[C@H]3O[C@H](CO)[C@H](O)[C@H]3O)[C@@H](O)[C@@H](O)[C@H]2O)cc1. The topological polar surface area (TPSA) is 206 Å². The fourth-order valence-corrected chi connectivity index (χ4v) is 3.46. The van der Waals surface area contributed by atoms with Crippen molar-refractivity contribution in [3.8, 4) is 5.75 Å². The molecule has 2 saturated heterocycles. The molecule has 0 amide bonds. The first-order valence-electron chi connectivity index (χ1n) is 10.1. The van der Waals surface area contributed by atoms with Gasteiger partial charge >= 0.3 is 0 Å². The van der Waals surface area contributed by atoms with E-state index in [2.05, 4.69) is 0 Å². The van der Waals surface area contributed by atoms with E-state index in [9.17, 15) is 30.7 Å². The highest BCUT2D eigenvalue weighted by Gasteiger charge is 2.47. The van der Waals surface area contributed by atoms with Crippen molar-refractivity contribution in [1.82, 2.24) is 0 Å². The lowest BCUT2D eigenvalue weighted by Crippen LogP contribution is -3.04. The van der Waals surface area contributed by atoms with Crippen molar-refractivity contribution >= 4 is 0 Å². The van der Waals surface area contributed by atoms with Crippen LogP contribution in [0.2, 0.25) is 0 Å². The molecule has 0 aromatic heterocycles. The average Bonchev–Trinajstić information content (AvgIpc) is 3.06. The molecule has 3 rings (SSSR count). The van der Waals surface area contributed by atoms with Gasteiger partial charge < -0.3 is 54.8 Å². The average molecular weight is 463 g/mol. The van der Waals surface area contributed by atoms with E-state index >= 15 is 0 Å². The van der Waals surface area contributed by atoms with Crippen LogP contribution in [0.3, 0.4) is 0 Å². The Morgan fingerprint density at radius 2 is 1.44 bits per heavy atom. The molecule has 2 aliphatic heterocycles. The maximum Gasteiger partial charge on any atom is 0.229 e. The number of hydrogen-bond acceptors (Lipinski definition) is 12. The lowest BCUT2D eigenvalue weighted by atomic mass is 9.99. The number of aliphatic hydroxyl groups excluding tert-OH is 6. The molecule has 2 aliphatic rings. The Bertz CT molecular complexity index is 706. The molecule has 1 unspecified atom stereocenters. The summed E-state index contributed by atoms with van der Waals surface area (Å²) in [5.74, 6) is 0.278. The van der Waals surface area contributed by atoms with Crippen LogP contribution in [-0.4, -0.2) is 111 Å². The third-order valence-corrected chi connectivity index (χ3v) is 5.39. The van der Waals surface area contributed by atoms with Crippen LogP contribution in [0.25, 0.3) is 0 Å². The first-order chi connectivity index (χ1) is 15.2. The van der Waals surface area contributed by atoms with Crippen LogP contribution in [0.15, 0.2) is 24.3 Å². The van der Waals surface area contributed by atoms with E-state index in [1.54, 1.807) is 24.3 Å². The normalized spacial score (nSPS) is 38.6. The van der Waals surface area contributed by atoms with Gasteiger partial charge in [0.25, 0.3) is 0 Å². The van der Waals surface area contributed by atoms with Crippen LogP contribution in [0.1, 0.15) is 5.56 Å². The molecule has 0 radical (unpaired) electrons. The minimum atomic E-state index is -1.62. The van der Waals surface area contributed by atoms with E-state index in [0.717, 1.165) is 5.56 Å². The molecule has 13 nitrogen and oxygen atoms in total. The van der Waals surface area contributed by atoms with E-state index in [4.69, 9.17) is 29.3 Å². The summed E-state index contributed by atoms with van der Waals surface area (Å²) < 4.78 is 21.6. The summed E-state index contributed by atoms with van der Waals surface area (Å²) in [7, 11) is 0. The third-order valence-electron chi connectivity index (χ3n) is 5.39. The van der Waals surface area contributed by atoms with Gasteiger partial charge in [-0.1, -0.05) is 12.1 Å². The number of hydroxylamine groups is 2. The fourth-order valence-electron chi connectivity index (χ4n) is 3.46. The highest BCUT2D eigenvalue weighted by atomic mass is 16.8. The first kappa shape index (κ1) is 25.2. The molecule has 182 valence electrons. The van der Waals surface area contributed by atoms with Crippen molar-refractivity contribution in [2.45, 2.75) is 61.7 Å². The summed E-state index contributed by atoms with van der Waals surface area (Å²) in [5, 5.41) is 77.9. The predicted molar refractivity (Wildman–Crippen MR) is 102 cm³/mol. The molecular weight excluding hydrogens is 434 g/mol. The molecule has 0 bridgehead atoms. The van der Waals surface area contributed by atoms with Gasteiger partial charge in [-0.05, 0) is 17.7 Å². The molecule has 1 aromatic rings. The molecule has 0 spiro atoms. The van der Waals surface area contributed by atoms with Crippen LogP contribution < -0.4 is 9.96 Å². The van der Waals surface area contributed by atoms with Crippen molar-refractivity contribution in [3.63, 3.8) is 0 Å². The van der Waals surface area contributed by atoms with Crippen molar-refractivity contribution in [2.24, 2.45) is 0 Å². The Kier molecular flexibility index (Phi) is 8.74. The van der Waals surface area contributed by atoms with E-state index in [-0.39, 0.29) is 18.9 Å². The summed E-state index contributed by atoms with van der Waals surface area (Å²) in [4.78, 5) is 0. The smallest absolute Gasteiger partial charge is 0.229 e. The zero-order chi connectivity index (χ0) is 23.4. The van der Waals surface area contributed by atoms with E-state index < -0.39 is 67.1 Å².